The zero-order valence-corrected chi connectivity index (χ0v) is 17.6. The molecule has 0 unspecified atom stereocenters. The van der Waals surface area contributed by atoms with Gasteiger partial charge in [-0.3, -0.25) is 9.59 Å². The Hall–Kier alpha value is -1.82. The Balaban J connectivity index is 0.00000288. The fourth-order valence-electron chi connectivity index (χ4n) is 2.32. The van der Waals surface area contributed by atoms with Gasteiger partial charge in [0, 0.05) is 12.8 Å². The van der Waals surface area contributed by atoms with Gasteiger partial charge < -0.3 is 9.84 Å². The molecule has 5 heteroatoms. The number of hydrogen-bond donors (Lipinski definition) is 1. The summed E-state index contributed by atoms with van der Waals surface area (Å²) in [6, 6.07) is 19.2. The fraction of sp³-hybridized carbons (Fsp3) is 0.263. The minimum absolute atomic E-state index is 0. The van der Waals surface area contributed by atoms with Gasteiger partial charge in [0.05, 0.1) is 0 Å². The van der Waals surface area contributed by atoms with Crippen LogP contribution in [0.4, 0.5) is 0 Å². The molecule has 2 radical (unpaired) electrons. The molecule has 0 saturated carbocycles. The average Bonchev–Trinajstić information content (AvgIpc) is 2.58. The van der Waals surface area contributed by atoms with Gasteiger partial charge >= 0.3 is 35.8 Å². The van der Waals surface area contributed by atoms with Crippen LogP contribution in [0.2, 0.25) is 0 Å². The summed E-state index contributed by atoms with van der Waals surface area (Å²) in [6.45, 7) is 0. The van der Waals surface area contributed by atoms with Crippen molar-refractivity contribution in [2.24, 2.45) is 0 Å². The van der Waals surface area contributed by atoms with Crippen LogP contribution in [0.5, 0.6) is 0 Å². The van der Waals surface area contributed by atoms with Crippen molar-refractivity contribution in [1.82, 2.24) is 0 Å². The molecule has 4 nitrogen and oxygen atoms in total. The number of carboxylic acid groups (broad SMARTS) is 1. The Morgan fingerprint density at radius 2 is 1.29 bits per heavy atom. The van der Waals surface area contributed by atoms with E-state index in [2.05, 4.69) is 0 Å². The van der Waals surface area contributed by atoms with Gasteiger partial charge in [-0.15, -0.1) is 0 Å². The molecule has 2 aromatic carbocycles. The Labute approximate surface area is 158 Å². The van der Waals surface area contributed by atoms with Crippen molar-refractivity contribution in [3.05, 3.63) is 71.8 Å². The van der Waals surface area contributed by atoms with E-state index in [9.17, 15) is 9.59 Å². The predicted octanol–water partition coefficient (Wildman–Crippen LogP) is 3.05. The first-order valence-corrected chi connectivity index (χ1v) is 7.68. The first-order valence-electron chi connectivity index (χ1n) is 7.68. The van der Waals surface area contributed by atoms with Gasteiger partial charge in [0.15, 0.2) is 6.10 Å². The second-order valence-corrected chi connectivity index (χ2v) is 5.29. The van der Waals surface area contributed by atoms with Gasteiger partial charge in [-0.2, -0.15) is 0 Å². The number of carbonyl (C=O) groups excluding carboxylic acids is 1. The first kappa shape index (κ1) is 20.2. The number of carboxylic acids is 1. The van der Waals surface area contributed by atoms with Gasteiger partial charge in [0.2, 0.25) is 0 Å². The zero-order chi connectivity index (χ0) is 16.5. The van der Waals surface area contributed by atoms with Crippen molar-refractivity contribution in [2.75, 3.05) is 0 Å². The van der Waals surface area contributed by atoms with Crippen LogP contribution in [0.25, 0.3) is 0 Å². The average molecular weight is 433 g/mol. The molecule has 126 valence electrons. The molecule has 2 rings (SSSR count). The SMILES string of the molecule is O=C(O)CCCCC(=O)OC(c1ccccc1)c1ccccc1.[SnH2]. The number of rotatable bonds is 8. The van der Waals surface area contributed by atoms with Crippen LogP contribution in [0, 0.1) is 0 Å². The molecule has 0 atom stereocenters. The molecule has 2 aromatic rings. The van der Waals surface area contributed by atoms with Crippen molar-refractivity contribution in [2.45, 2.75) is 31.8 Å². The summed E-state index contributed by atoms with van der Waals surface area (Å²) in [5.74, 6) is -1.15. The third-order valence-corrected chi connectivity index (χ3v) is 3.48. The zero-order valence-electron chi connectivity index (χ0n) is 13.6. The van der Waals surface area contributed by atoms with Gasteiger partial charge in [-0.05, 0) is 24.0 Å². The van der Waals surface area contributed by atoms with E-state index in [1.807, 2.05) is 60.7 Å². The number of ether oxygens (including phenoxy) is 1. The van der Waals surface area contributed by atoms with E-state index in [0.29, 0.717) is 12.8 Å². The van der Waals surface area contributed by atoms with Crippen molar-refractivity contribution in [3.8, 4) is 0 Å². The van der Waals surface area contributed by atoms with Crippen LogP contribution in [-0.4, -0.2) is 41.0 Å². The molecule has 0 saturated heterocycles. The molecule has 0 fully saturated rings. The summed E-state index contributed by atoms with van der Waals surface area (Å²) < 4.78 is 5.64. The van der Waals surface area contributed by atoms with Crippen LogP contribution >= 0.6 is 0 Å². The van der Waals surface area contributed by atoms with Gasteiger partial charge in [0.25, 0.3) is 0 Å². The second kappa shape index (κ2) is 10.9. The molecule has 0 aliphatic rings. The van der Waals surface area contributed by atoms with E-state index in [-0.39, 0.29) is 42.7 Å². The van der Waals surface area contributed by atoms with Gasteiger partial charge in [-0.1, -0.05) is 60.7 Å². The fourth-order valence-corrected chi connectivity index (χ4v) is 2.32. The minimum atomic E-state index is -0.843. The van der Waals surface area contributed by atoms with E-state index in [4.69, 9.17) is 9.84 Å². The summed E-state index contributed by atoms with van der Waals surface area (Å²) in [5, 5.41) is 8.61. The van der Waals surface area contributed by atoms with Crippen LogP contribution in [-0.2, 0) is 14.3 Å². The van der Waals surface area contributed by atoms with Crippen LogP contribution in [0.3, 0.4) is 0 Å². The summed E-state index contributed by atoms with van der Waals surface area (Å²) in [4.78, 5) is 22.6. The maximum absolute atomic E-state index is 12.1. The van der Waals surface area contributed by atoms with E-state index in [1.165, 1.54) is 0 Å². The summed E-state index contributed by atoms with van der Waals surface area (Å²) in [6.07, 6.45) is 0.856. The van der Waals surface area contributed by atoms with Crippen molar-refractivity contribution in [3.63, 3.8) is 0 Å². The third-order valence-electron chi connectivity index (χ3n) is 3.48. The standard InChI is InChI=1S/C19H20O4.Sn.2H/c20-17(21)13-7-8-14-18(22)23-19(15-9-3-1-4-10-15)16-11-5-2-6-12-16;;;/h1-6,9-12,19H,7-8,13-14H2,(H,20,21);;;. The Kier molecular flexibility index (Phi) is 9.15. The van der Waals surface area contributed by atoms with E-state index in [0.717, 1.165) is 11.1 Å². The third kappa shape index (κ3) is 6.74. The molecule has 0 bridgehead atoms. The van der Waals surface area contributed by atoms with Crippen molar-refractivity contribution < 1.29 is 19.4 Å². The molecular formula is C19H22O4Sn. The van der Waals surface area contributed by atoms with Crippen LogP contribution < -0.4 is 0 Å². The first-order chi connectivity index (χ1) is 11.2. The number of benzene rings is 2. The molecule has 0 heterocycles. The van der Waals surface area contributed by atoms with E-state index < -0.39 is 12.1 Å². The normalized spacial score (nSPS) is 10.0. The number of carbonyl (C=O) groups is 2. The summed E-state index contributed by atoms with van der Waals surface area (Å²) in [7, 11) is 0. The Morgan fingerprint density at radius 3 is 1.75 bits per heavy atom. The van der Waals surface area contributed by atoms with Crippen molar-refractivity contribution in [1.29, 1.82) is 0 Å². The molecule has 1 N–H and O–H groups in total. The molecule has 0 amide bonds. The summed E-state index contributed by atoms with van der Waals surface area (Å²) >= 11 is 0. The van der Waals surface area contributed by atoms with E-state index >= 15 is 0 Å². The second-order valence-electron chi connectivity index (χ2n) is 5.29. The summed E-state index contributed by atoms with van der Waals surface area (Å²) in [5.41, 5.74) is 1.83. The molecule has 0 aliphatic carbocycles. The van der Waals surface area contributed by atoms with Crippen molar-refractivity contribution >= 4 is 35.8 Å². The van der Waals surface area contributed by atoms with Gasteiger partial charge in [-0.25, -0.2) is 0 Å². The molecule has 24 heavy (non-hydrogen) atoms. The number of esters is 1. The van der Waals surface area contributed by atoms with Crippen LogP contribution in [0.15, 0.2) is 60.7 Å². The Morgan fingerprint density at radius 1 is 0.833 bits per heavy atom. The number of hydrogen-bond acceptors (Lipinski definition) is 3. The molecule has 0 aromatic heterocycles. The topological polar surface area (TPSA) is 63.6 Å². The predicted molar refractivity (Wildman–Crippen MR) is 95.5 cm³/mol. The monoisotopic (exact) mass is 434 g/mol. The van der Waals surface area contributed by atoms with Gasteiger partial charge in [0.1, 0.15) is 0 Å². The van der Waals surface area contributed by atoms with E-state index in [1.54, 1.807) is 0 Å². The number of aliphatic carboxylic acids is 1. The maximum atomic E-state index is 12.1. The number of unbranched alkanes of at least 4 members (excludes halogenated alkanes) is 1. The van der Waals surface area contributed by atoms with Crippen LogP contribution in [0.1, 0.15) is 42.9 Å². The molecule has 0 aliphatic heterocycles. The quantitative estimate of drug-likeness (QED) is 0.395. The molecule has 0 spiro atoms. The molecular weight excluding hydrogens is 411 g/mol. The Bertz CT molecular complexity index is 589.